The van der Waals surface area contributed by atoms with Crippen LogP contribution < -0.4 is 10.6 Å². The van der Waals surface area contributed by atoms with Crippen molar-refractivity contribution in [1.29, 1.82) is 0 Å². The zero-order valence-corrected chi connectivity index (χ0v) is 15.7. The molecule has 1 aliphatic carbocycles. The van der Waals surface area contributed by atoms with Crippen LogP contribution in [0, 0.1) is 5.92 Å². The Hall–Kier alpha value is -2.09. The highest BCUT2D eigenvalue weighted by Gasteiger charge is 2.31. The van der Waals surface area contributed by atoms with Crippen LogP contribution >= 0.6 is 0 Å². The van der Waals surface area contributed by atoms with Gasteiger partial charge in [-0.2, -0.15) is 13.2 Å². The molecule has 28 heavy (non-hydrogen) atoms. The Morgan fingerprint density at radius 1 is 1.04 bits per heavy atom. The first kappa shape index (κ1) is 20.6. The van der Waals surface area contributed by atoms with E-state index < -0.39 is 23.6 Å². The number of carbonyl (C=O) groups excluding carboxylic acids is 2. The average Bonchev–Trinajstić information content (AvgIpc) is 3.21. The molecule has 3 rings (SSSR count). The number of likely N-dealkylation sites (tertiary alicyclic amines) is 1. The largest absolute Gasteiger partial charge is 0.416 e. The van der Waals surface area contributed by atoms with Crippen molar-refractivity contribution in [3.63, 3.8) is 0 Å². The second-order valence-electron chi connectivity index (χ2n) is 7.66. The van der Waals surface area contributed by atoms with Crippen molar-refractivity contribution in [3.05, 3.63) is 29.8 Å². The van der Waals surface area contributed by atoms with Gasteiger partial charge in [-0.05, 0) is 62.9 Å². The first-order valence-corrected chi connectivity index (χ1v) is 9.83. The molecule has 1 saturated carbocycles. The lowest BCUT2D eigenvalue weighted by atomic mass is 9.95. The van der Waals surface area contributed by atoms with Gasteiger partial charge in [0, 0.05) is 18.3 Å². The Labute approximate surface area is 162 Å². The Morgan fingerprint density at radius 3 is 2.36 bits per heavy atom. The van der Waals surface area contributed by atoms with Crippen LogP contribution in [0.5, 0.6) is 0 Å². The standard InChI is InChI=1S/C20H26F3N3O2/c21-20(22,23)15-4-3-5-16(12-15)25-19(28)18(27)24-13-14-8-10-26(11-9-14)17-6-1-2-7-17/h3-5,12,14,17H,1-2,6-11,13H2,(H,24,27)(H,25,28). The van der Waals surface area contributed by atoms with Gasteiger partial charge < -0.3 is 15.5 Å². The normalized spacial score (nSPS) is 19.5. The van der Waals surface area contributed by atoms with Crippen LogP contribution in [0.1, 0.15) is 44.1 Å². The van der Waals surface area contributed by atoms with Gasteiger partial charge in [-0.15, -0.1) is 0 Å². The number of nitrogens with zero attached hydrogens (tertiary/aromatic N) is 1. The SMILES string of the molecule is O=C(NCC1CCN(C2CCCC2)CC1)C(=O)Nc1cccc(C(F)(F)F)c1. The number of hydrogen-bond donors (Lipinski definition) is 2. The highest BCUT2D eigenvalue weighted by molar-refractivity contribution is 6.39. The molecular weight excluding hydrogens is 371 g/mol. The van der Waals surface area contributed by atoms with Crippen LogP contribution in [0.4, 0.5) is 18.9 Å². The molecule has 0 spiro atoms. The van der Waals surface area contributed by atoms with Crippen molar-refractivity contribution in [2.45, 2.75) is 50.7 Å². The fourth-order valence-electron chi connectivity index (χ4n) is 4.07. The molecule has 0 atom stereocenters. The molecule has 154 valence electrons. The molecule has 2 amide bonds. The smallest absolute Gasteiger partial charge is 0.348 e. The summed E-state index contributed by atoms with van der Waals surface area (Å²) in [4.78, 5) is 26.5. The molecule has 1 aromatic carbocycles. The number of halogens is 3. The van der Waals surface area contributed by atoms with Crippen molar-refractivity contribution < 1.29 is 22.8 Å². The molecule has 2 N–H and O–H groups in total. The number of piperidine rings is 1. The lowest BCUT2D eigenvalue weighted by molar-refractivity contribution is -0.137. The van der Waals surface area contributed by atoms with Crippen LogP contribution in [0.2, 0.25) is 0 Å². The summed E-state index contributed by atoms with van der Waals surface area (Å²) in [6.07, 6.45) is 2.62. The molecule has 2 aliphatic rings. The average molecular weight is 397 g/mol. The third-order valence-electron chi connectivity index (χ3n) is 5.70. The molecule has 8 heteroatoms. The van der Waals surface area contributed by atoms with E-state index in [1.165, 1.54) is 37.8 Å². The maximum atomic E-state index is 12.7. The van der Waals surface area contributed by atoms with Gasteiger partial charge in [-0.25, -0.2) is 0 Å². The molecule has 0 aromatic heterocycles. The number of hydrogen-bond acceptors (Lipinski definition) is 3. The molecule has 1 heterocycles. The van der Waals surface area contributed by atoms with Crippen LogP contribution in [0.3, 0.4) is 0 Å². The molecular formula is C20H26F3N3O2. The Kier molecular flexibility index (Phi) is 6.59. The van der Waals surface area contributed by atoms with Gasteiger partial charge in [-0.1, -0.05) is 18.9 Å². The minimum absolute atomic E-state index is 0.0557. The number of amides is 2. The summed E-state index contributed by atoms with van der Waals surface area (Å²) in [5, 5.41) is 4.84. The van der Waals surface area contributed by atoms with E-state index in [4.69, 9.17) is 0 Å². The van der Waals surface area contributed by atoms with E-state index in [-0.39, 0.29) is 5.69 Å². The Balaban J connectivity index is 1.42. The van der Waals surface area contributed by atoms with E-state index in [0.717, 1.165) is 38.1 Å². The minimum atomic E-state index is -4.50. The third kappa shape index (κ3) is 5.47. The number of rotatable bonds is 4. The predicted octanol–water partition coefficient (Wildman–Crippen LogP) is 3.41. The van der Waals surface area contributed by atoms with Gasteiger partial charge >= 0.3 is 18.0 Å². The number of nitrogens with one attached hydrogen (secondary N) is 2. The van der Waals surface area contributed by atoms with Crippen LogP contribution in [0.25, 0.3) is 0 Å². The molecule has 0 bridgehead atoms. The second-order valence-corrected chi connectivity index (χ2v) is 7.66. The fraction of sp³-hybridized carbons (Fsp3) is 0.600. The second kappa shape index (κ2) is 8.94. The van der Waals surface area contributed by atoms with Gasteiger partial charge in [-0.3, -0.25) is 9.59 Å². The van der Waals surface area contributed by atoms with E-state index in [9.17, 15) is 22.8 Å². The highest BCUT2D eigenvalue weighted by atomic mass is 19.4. The predicted molar refractivity (Wildman–Crippen MR) is 99.6 cm³/mol. The molecule has 1 aromatic rings. The molecule has 1 aliphatic heterocycles. The summed E-state index contributed by atoms with van der Waals surface area (Å²) in [5.74, 6) is -1.46. The van der Waals surface area contributed by atoms with Crippen molar-refractivity contribution >= 4 is 17.5 Å². The first-order chi connectivity index (χ1) is 13.3. The topological polar surface area (TPSA) is 61.4 Å². The van der Waals surface area contributed by atoms with E-state index in [1.807, 2.05) is 0 Å². The summed E-state index contributed by atoms with van der Waals surface area (Å²) >= 11 is 0. The Bertz CT molecular complexity index is 694. The number of alkyl halides is 3. The van der Waals surface area contributed by atoms with Gasteiger partial charge in [0.1, 0.15) is 0 Å². The van der Waals surface area contributed by atoms with Gasteiger partial charge in [0.25, 0.3) is 0 Å². The number of carbonyl (C=O) groups is 2. The molecule has 0 radical (unpaired) electrons. The van der Waals surface area contributed by atoms with Gasteiger partial charge in [0.05, 0.1) is 5.56 Å². The fourth-order valence-corrected chi connectivity index (χ4v) is 4.07. The van der Waals surface area contributed by atoms with Crippen LogP contribution in [-0.2, 0) is 15.8 Å². The maximum Gasteiger partial charge on any atom is 0.416 e. The molecule has 0 unspecified atom stereocenters. The molecule has 5 nitrogen and oxygen atoms in total. The summed E-state index contributed by atoms with van der Waals surface area (Å²) in [5.41, 5.74) is -0.931. The van der Waals surface area contributed by atoms with Crippen molar-refractivity contribution in [1.82, 2.24) is 10.2 Å². The van der Waals surface area contributed by atoms with Crippen LogP contribution in [0.15, 0.2) is 24.3 Å². The van der Waals surface area contributed by atoms with Crippen molar-refractivity contribution in [3.8, 4) is 0 Å². The van der Waals surface area contributed by atoms with E-state index in [0.29, 0.717) is 18.5 Å². The quantitative estimate of drug-likeness (QED) is 0.766. The third-order valence-corrected chi connectivity index (χ3v) is 5.70. The number of benzene rings is 1. The van der Waals surface area contributed by atoms with Crippen LogP contribution in [-0.4, -0.2) is 42.4 Å². The van der Waals surface area contributed by atoms with Crippen molar-refractivity contribution in [2.75, 3.05) is 25.0 Å². The highest BCUT2D eigenvalue weighted by Crippen LogP contribution is 2.30. The van der Waals surface area contributed by atoms with E-state index >= 15 is 0 Å². The lowest BCUT2D eigenvalue weighted by Gasteiger charge is -2.36. The van der Waals surface area contributed by atoms with Crippen molar-refractivity contribution in [2.24, 2.45) is 5.92 Å². The summed E-state index contributed by atoms with van der Waals surface area (Å²) in [6.45, 7) is 2.44. The first-order valence-electron chi connectivity index (χ1n) is 9.83. The summed E-state index contributed by atoms with van der Waals surface area (Å²) < 4.78 is 38.2. The van der Waals surface area contributed by atoms with Gasteiger partial charge in [0.2, 0.25) is 0 Å². The summed E-state index contributed by atoms with van der Waals surface area (Å²) in [7, 11) is 0. The Morgan fingerprint density at radius 2 is 1.71 bits per heavy atom. The molecule has 2 fully saturated rings. The van der Waals surface area contributed by atoms with E-state index in [2.05, 4.69) is 15.5 Å². The van der Waals surface area contributed by atoms with Gasteiger partial charge in [0.15, 0.2) is 0 Å². The molecule has 1 saturated heterocycles. The zero-order valence-electron chi connectivity index (χ0n) is 15.7. The monoisotopic (exact) mass is 397 g/mol. The zero-order chi connectivity index (χ0) is 20.1. The van der Waals surface area contributed by atoms with E-state index in [1.54, 1.807) is 0 Å². The maximum absolute atomic E-state index is 12.7. The summed E-state index contributed by atoms with van der Waals surface area (Å²) in [6, 6.07) is 4.93. The number of anilines is 1. The minimum Gasteiger partial charge on any atom is -0.348 e. The lowest BCUT2D eigenvalue weighted by Crippen LogP contribution is -2.44.